The molecule has 0 saturated carbocycles. The molecule has 0 radical (unpaired) electrons. The number of hydrogen-bond donors (Lipinski definition) is 1. The van der Waals surface area contributed by atoms with Crippen LogP contribution in [0, 0.1) is 11.3 Å². The van der Waals surface area contributed by atoms with Gasteiger partial charge in [0.05, 0.1) is 6.10 Å². The van der Waals surface area contributed by atoms with Crippen LogP contribution in [0.1, 0.15) is 25.1 Å². The summed E-state index contributed by atoms with van der Waals surface area (Å²) in [4.78, 5) is 4.00. The van der Waals surface area contributed by atoms with Crippen molar-refractivity contribution in [3.8, 4) is 6.07 Å². The van der Waals surface area contributed by atoms with Crippen molar-refractivity contribution in [2.24, 2.45) is 0 Å². The van der Waals surface area contributed by atoms with Crippen molar-refractivity contribution < 1.29 is 4.74 Å². The third-order valence-corrected chi connectivity index (χ3v) is 2.20. The third-order valence-electron chi connectivity index (χ3n) is 2.20. The molecule has 1 atom stereocenters. The zero-order valence-electron chi connectivity index (χ0n) is 9.73. The Morgan fingerprint density at radius 3 is 3.12 bits per heavy atom. The maximum Gasteiger partial charge on any atom is 0.144 e. The summed E-state index contributed by atoms with van der Waals surface area (Å²) in [6.07, 6.45) is 1.82. The molecule has 4 heteroatoms. The van der Waals surface area contributed by atoms with Crippen LogP contribution in [-0.4, -0.2) is 24.2 Å². The molecule has 1 aromatic rings. The quantitative estimate of drug-likeness (QED) is 0.787. The molecule has 86 valence electrons. The van der Waals surface area contributed by atoms with Crippen molar-refractivity contribution in [1.29, 1.82) is 5.26 Å². The Balaban J connectivity index is 2.40. The number of ether oxygens (including phenoxy) is 1. The standard InChI is InChI=1S/C12H17N3O/c1-3-16-10(2)8-14-9-11-5-4-6-15-12(11)7-13/h4-6,10,14H,3,8-9H2,1-2H3. The zero-order chi connectivity index (χ0) is 11.8. The second-order valence-electron chi connectivity index (χ2n) is 3.52. The summed E-state index contributed by atoms with van der Waals surface area (Å²) >= 11 is 0. The predicted octanol–water partition coefficient (Wildman–Crippen LogP) is 1.47. The molecule has 0 fully saturated rings. The van der Waals surface area contributed by atoms with Crippen LogP contribution in [-0.2, 0) is 11.3 Å². The number of rotatable bonds is 6. The van der Waals surface area contributed by atoms with E-state index in [-0.39, 0.29) is 6.10 Å². The topological polar surface area (TPSA) is 57.9 Å². The molecule has 1 unspecified atom stereocenters. The number of hydrogen-bond acceptors (Lipinski definition) is 4. The van der Waals surface area contributed by atoms with Crippen LogP contribution < -0.4 is 5.32 Å². The maximum atomic E-state index is 8.85. The Labute approximate surface area is 96.3 Å². The monoisotopic (exact) mass is 219 g/mol. The van der Waals surface area contributed by atoms with Crippen LogP contribution in [0.3, 0.4) is 0 Å². The first-order valence-corrected chi connectivity index (χ1v) is 5.44. The highest BCUT2D eigenvalue weighted by atomic mass is 16.5. The summed E-state index contributed by atoms with van der Waals surface area (Å²) in [7, 11) is 0. The minimum atomic E-state index is 0.187. The number of pyridine rings is 1. The van der Waals surface area contributed by atoms with Crippen LogP contribution in [0.25, 0.3) is 0 Å². The molecule has 1 rings (SSSR count). The first-order valence-electron chi connectivity index (χ1n) is 5.44. The molecular formula is C12H17N3O. The van der Waals surface area contributed by atoms with Crippen molar-refractivity contribution in [2.75, 3.05) is 13.2 Å². The highest BCUT2D eigenvalue weighted by molar-refractivity contribution is 5.30. The van der Waals surface area contributed by atoms with Gasteiger partial charge in [-0.2, -0.15) is 5.26 Å². The largest absolute Gasteiger partial charge is 0.377 e. The summed E-state index contributed by atoms with van der Waals surface area (Å²) in [5.41, 5.74) is 1.41. The van der Waals surface area contributed by atoms with Gasteiger partial charge in [0.15, 0.2) is 0 Å². The van der Waals surface area contributed by atoms with E-state index in [0.29, 0.717) is 12.2 Å². The van der Waals surface area contributed by atoms with E-state index in [2.05, 4.69) is 16.4 Å². The fourth-order valence-electron chi connectivity index (χ4n) is 1.44. The van der Waals surface area contributed by atoms with E-state index >= 15 is 0 Å². The Hall–Kier alpha value is -1.44. The van der Waals surface area contributed by atoms with Gasteiger partial charge >= 0.3 is 0 Å². The fraction of sp³-hybridized carbons (Fsp3) is 0.500. The van der Waals surface area contributed by atoms with Gasteiger partial charge in [0, 0.05) is 31.5 Å². The molecule has 4 nitrogen and oxygen atoms in total. The second-order valence-corrected chi connectivity index (χ2v) is 3.52. The lowest BCUT2D eigenvalue weighted by Gasteiger charge is -2.12. The Morgan fingerprint density at radius 1 is 1.62 bits per heavy atom. The summed E-state index contributed by atoms with van der Waals surface area (Å²) in [6.45, 7) is 6.14. The minimum absolute atomic E-state index is 0.187. The highest BCUT2D eigenvalue weighted by Gasteiger charge is 2.03. The van der Waals surface area contributed by atoms with Gasteiger partial charge < -0.3 is 10.1 Å². The SMILES string of the molecule is CCOC(C)CNCc1cccnc1C#N. The Kier molecular flexibility index (Phi) is 5.48. The second kappa shape index (κ2) is 6.94. The first-order chi connectivity index (χ1) is 7.77. The lowest BCUT2D eigenvalue weighted by molar-refractivity contribution is 0.0759. The van der Waals surface area contributed by atoms with E-state index in [1.165, 1.54) is 0 Å². The summed E-state index contributed by atoms with van der Waals surface area (Å²) in [5, 5.41) is 12.1. The van der Waals surface area contributed by atoms with E-state index in [9.17, 15) is 0 Å². The normalized spacial score (nSPS) is 12.1. The van der Waals surface area contributed by atoms with Gasteiger partial charge in [-0.15, -0.1) is 0 Å². The van der Waals surface area contributed by atoms with Crippen molar-refractivity contribution in [1.82, 2.24) is 10.3 Å². The van der Waals surface area contributed by atoms with Gasteiger partial charge in [0.25, 0.3) is 0 Å². The molecule has 0 aliphatic heterocycles. The van der Waals surface area contributed by atoms with Crippen molar-refractivity contribution >= 4 is 0 Å². The summed E-state index contributed by atoms with van der Waals surface area (Å²) < 4.78 is 5.39. The molecule has 1 heterocycles. The Bertz CT molecular complexity index is 360. The zero-order valence-corrected chi connectivity index (χ0v) is 9.73. The average Bonchev–Trinajstić information content (AvgIpc) is 2.30. The molecule has 0 aliphatic carbocycles. The molecular weight excluding hydrogens is 202 g/mol. The Morgan fingerprint density at radius 2 is 2.44 bits per heavy atom. The number of nitrogens with zero attached hydrogens (tertiary/aromatic N) is 2. The van der Waals surface area contributed by atoms with Gasteiger partial charge in [-0.25, -0.2) is 4.98 Å². The van der Waals surface area contributed by atoms with Crippen molar-refractivity contribution in [3.63, 3.8) is 0 Å². The fourth-order valence-corrected chi connectivity index (χ4v) is 1.44. The highest BCUT2D eigenvalue weighted by Crippen LogP contribution is 2.03. The van der Waals surface area contributed by atoms with Crippen LogP contribution in [0.4, 0.5) is 0 Å². The molecule has 1 N–H and O–H groups in total. The van der Waals surface area contributed by atoms with E-state index in [0.717, 1.165) is 18.7 Å². The van der Waals surface area contributed by atoms with Gasteiger partial charge in [-0.3, -0.25) is 0 Å². The minimum Gasteiger partial charge on any atom is -0.377 e. The summed E-state index contributed by atoms with van der Waals surface area (Å²) in [5.74, 6) is 0. The van der Waals surface area contributed by atoms with E-state index in [4.69, 9.17) is 10.00 Å². The lowest BCUT2D eigenvalue weighted by atomic mass is 10.2. The van der Waals surface area contributed by atoms with Gasteiger partial charge in [-0.1, -0.05) is 6.07 Å². The number of nitrogens with one attached hydrogen (secondary N) is 1. The number of aromatic nitrogens is 1. The molecule has 1 aromatic heterocycles. The van der Waals surface area contributed by atoms with E-state index in [1.807, 2.05) is 26.0 Å². The third kappa shape index (κ3) is 3.97. The molecule has 0 aliphatic rings. The molecule has 0 spiro atoms. The molecule has 16 heavy (non-hydrogen) atoms. The molecule has 0 aromatic carbocycles. The van der Waals surface area contributed by atoms with Crippen molar-refractivity contribution in [2.45, 2.75) is 26.5 Å². The number of nitriles is 1. The van der Waals surface area contributed by atoms with Crippen molar-refractivity contribution in [3.05, 3.63) is 29.6 Å². The maximum absolute atomic E-state index is 8.85. The van der Waals surface area contributed by atoms with Crippen LogP contribution in [0.15, 0.2) is 18.3 Å². The van der Waals surface area contributed by atoms with Gasteiger partial charge in [0.2, 0.25) is 0 Å². The predicted molar refractivity (Wildman–Crippen MR) is 61.7 cm³/mol. The molecule has 0 bridgehead atoms. The van der Waals surface area contributed by atoms with Crippen LogP contribution in [0.5, 0.6) is 0 Å². The molecule has 0 saturated heterocycles. The van der Waals surface area contributed by atoms with E-state index in [1.54, 1.807) is 6.20 Å². The smallest absolute Gasteiger partial charge is 0.144 e. The van der Waals surface area contributed by atoms with E-state index < -0.39 is 0 Å². The van der Waals surface area contributed by atoms with Crippen LogP contribution >= 0.6 is 0 Å². The average molecular weight is 219 g/mol. The van der Waals surface area contributed by atoms with Crippen LogP contribution in [0.2, 0.25) is 0 Å². The lowest BCUT2D eigenvalue weighted by Crippen LogP contribution is -2.26. The first kappa shape index (κ1) is 12.6. The molecule has 0 amide bonds. The van der Waals surface area contributed by atoms with Gasteiger partial charge in [0.1, 0.15) is 11.8 Å². The summed E-state index contributed by atoms with van der Waals surface area (Å²) in [6, 6.07) is 5.82. The van der Waals surface area contributed by atoms with Gasteiger partial charge in [-0.05, 0) is 19.9 Å².